The van der Waals surface area contributed by atoms with Crippen LogP contribution in [0.4, 0.5) is 0 Å². The SMILES string of the molecule is COc1cccc(OC)c1-n1c(CS(=O)(=O)[C@@H](C)[C@](C)(O)c2ncc(C)cn2)nnc1-c1ccc(C)o1. The predicted octanol–water partition coefficient (Wildman–Crippen LogP) is 3.16. The van der Waals surface area contributed by atoms with Gasteiger partial charge < -0.3 is 19.0 Å². The molecule has 3 heterocycles. The molecule has 0 saturated carbocycles. The van der Waals surface area contributed by atoms with Crippen molar-refractivity contribution in [2.24, 2.45) is 0 Å². The lowest BCUT2D eigenvalue weighted by Crippen LogP contribution is -2.42. The molecule has 0 aliphatic carbocycles. The third kappa shape index (κ3) is 4.94. The fourth-order valence-electron chi connectivity index (χ4n) is 3.90. The van der Waals surface area contributed by atoms with Crippen LogP contribution in [0.5, 0.6) is 11.5 Å². The first-order valence-corrected chi connectivity index (χ1v) is 13.2. The quantitative estimate of drug-likeness (QED) is 0.345. The number of hydrogen-bond acceptors (Lipinski definition) is 10. The zero-order valence-corrected chi connectivity index (χ0v) is 22.3. The van der Waals surface area contributed by atoms with Crippen LogP contribution in [0, 0.1) is 13.8 Å². The molecule has 37 heavy (non-hydrogen) atoms. The Kier molecular flexibility index (Phi) is 7.07. The predicted molar refractivity (Wildman–Crippen MR) is 135 cm³/mol. The van der Waals surface area contributed by atoms with Crippen LogP contribution in [-0.2, 0) is 21.2 Å². The number of rotatable bonds is 9. The average molecular weight is 528 g/mol. The van der Waals surface area contributed by atoms with Gasteiger partial charge in [0.05, 0.1) is 19.5 Å². The Bertz CT molecular complexity index is 1490. The molecule has 12 heteroatoms. The van der Waals surface area contributed by atoms with Gasteiger partial charge in [-0.25, -0.2) is 18.4 Å². The second-order valence-electron chi connectivity index (χ2n) is 8.88. The minimum atomic E-state index is -4.03. The van der Waals surface area contributed by atoms with Crippen molar-refractivity contribution in [1.29, 1.82) is 0 Å². The Labute approximate surface area is 215 Å². The summed E-state index contributed by atoms with van der Waals surface area (Å²) < 4.78 is 45.8. The summed E-state index contributed by atoms with van der Waals surface area (Å²) in [5.41, 5.74) is -0.664. The van der Waals surface area contributed by atoms with E-state index >= 15 is 0 Å². The molecule has 4 rings (SSSR count). The number of aryl methyl sites for hydroxylation is 2. The first kappa shape index (κ1) is 26.3. The maximum absolute atomic E-state index is 13.6. The Morgan fingerprint density at radius 2 is 1.68 bits per heavy atom. The molecule has 0 fully saturated rings. The molecule has 196 valence electrons. The van der Waals surface area contributed by atoms with E-state index in [9.17, 15) is 13.5 Å². The number of aromatic nitrogens is 5. The Balaban J connectivity index is 1.84. The molecule has 0 radical (unpaired) electrons. The number of para-hydroxylation sites is 1. The van der Waals surface area contributed by atoms with Gasteiger partial charge in [0.15, 0.2) is 27.2 Å². The summed E-state index contributed by atoms with van der Waals surface area (Å²) in [6, 6.07) is 8.67. The molecule has 4 aromatic rings. The van der Waals surface area contributed by atoms with Crippen LogP contribution in [0.2, 0.25) is 0 Å². The third-order valence-corrected chi connectivity index (χ3v) is 8.41. The number of methoxy groups -OCH3 is 2. The lowest BCUT2D eigenvalue weighted by molar-refractivity contribution is 0.0469. The number of hydrogen-bond donors (Lipinski definition) is 1. The molecule has 0 amide bonds. The largest absolute Gasteiger partial charge is 0.494 e. The highest BCUT2D eigenvalue weighted by atomic mass is 32.2. The van der Waals surface area contributed by atoms with Gasteiger partial charge in [0.1, 0.15) is 34.3 Å². The van der Waals surface area contributed by atoms with Crippen molar-refractivity contribution in [3.63, 3.8) is 0 Å². The molecule has 0 aliphatic rings. The number of sulfone groups is 1. The molecule has 0 unspecified atom stereocenters. The summed E-state index contributed by atoms with van der Waals surface area (Å²) in [6.07, 6.45) is 3.05. The van der Waals surface area contributed by atoms with Crippen molar-refractivity contribution in [3.8, 4) is 28.8 Å². The van der Waals surface area contributed by atoms with E-state index in [0.29, 0.717) is 28.7 Å². The zero-order valence-electron chi connectivity index (χ0n) is 21.5. The Hall–Kier alpha value is -3.77. The van der Waals surface area contributed by atoms with Gasteiger partial charge in [0, 0.05) is 12.4 Å². The number of aliphatic hydroxyl groups is 1. The number of furan rings is 1. The van der Waals surface area contributed by atoms with Gasteiger partial charge in [-0.3, -0.25) is 4.57 Å². The van der Waals surface area contributed by atoms with Gasteiger partial charge in [0.2, 0.25) is 5.82 Å². The summed E-state index contributed by atoms with van der Waals surface area (Å²) in [7, 11) is -1.03. The van der Waals surface area contributed by atoms with E-state index in [1.807, 2.05) is 0 Å². The second-order valence-corrected chi connectivity index (χ2v) is 11.2. The van der Waals surface area contributed by atoms with Crippen LogP contribution in [0.15, 0.2) is 47.1 Å². The molecule has 3 aromatic heterocycles. The molecule has 0 saturated heterocycles. The van der Waals surface area contributed by atoms with Gasteiger partial charge in [-0.2, -0.15) is 0 Å². The van der Waals surface area contributed by atoms with Crippen molar-refractivity contribution in [2.75, 3.05) is 14.2 Å². The van der Waals surface area contributed by atoms with Crippen LogP contribution >= 0.6 is 0 Å². The molecule has 1 aromatic carbocycles. The summed E-state index contributed by atoms with van der Waals surface area (Å²) >= 11 is 0. The average Bonchev–Trinajstić information content (AvgIpc) is 3.48. The standard InChI is InChI=1S/C25H29N5O6S/c1-15-12-26-24(27-13-15)25(4,31)17(3)37(32,33)14-21-28-29-23(20-11-10-16(2)36-20)30(21)22-18(34-5)8-7-9-19(22)35-6/h7-13,17,31H,14H2,1-6H3/t17-,25-/m0/s1. The van der Waals surface area contributed by atoms with E-state index in [-0.39, 0.29) is 17.5 Å². The van der Waals surface area contributed by atoms with E-state index in [1.165, 1.54) is 45.0 Å². The maximum atomic E-state index is 13.6. The van der Waals surface area contributed by atoms with Gasteiger partial charge in [-0.05, 0) is 57.5 Å². The topological polar surface area (TPSA) is 142 Å². The lowest BCUT2D eigenvalue weighted by atomic mass is 10.0. The van der Waals surface area contributed by atoms with E-state index < -0.39 is 26.4 Å². The molecule has 2 atom stereocenters. The first-order valence-electron chi connectivity index (χ1n) is 11.4. The van der Waals surface area contributed by atoms with Crippen molar-refractivity contribution >= 4 is 9.84 Å². The molecular formula is C25H29N5O6S. The van der Waals surface area contributed by atoms with Gasteiger partial charge >= 0.3 is 0 Å². The normalized spacial score (nSPS) is 14.2. The fourth-order valence-corrected chi connectivity index (χ4v) is 5.50. The smallest absolute Gasteiger partial charge is 0.204 e. The van der Waals surface area contributed by atoms with Crippen molar-refractivity contribution in [3.05, 3.63) is 65.7 Å². The Morgan fingerprint density at radius 3 is 2.22 bits per heavy atom. The zero-order chi connectivity index (χ0) is 27.0. The van der Waals surface area contributed by atoms with Crippen LogP contribution < -0.4 is 9.47 Å². The van der Waals surface area contributed by atoms with Crippen molar-refractivity contribution in [1.82, 2.24) is 24.7 Å². The van der Waals surface area contributed by atoms with Crippen LogP contribution in [-0.4, -0.2) is 57.7 Å². The van der Waals surface area contributed by atoms with Gasteiger partial charge in [-0.15, -0.1) is 10.2 Å². The monoisotopic (exact) mass is 527 g/mol. The van der Waals surface area contributed by atoms with Crippen LogP contribution in [0.1, 0.15) is 36.8 Å². The van der Waals surface area contributed by atoms with Crippen molar-refractivity contribution in [2.45, 2.75) is 44.3 Å². The summed E-state index contributed by atoms with van der Waals surface area (Å²) in [5.74, 6) is 1.66. The third-order valence-electron chi connectivity index (χ3n) is 6.21. The van der Waals surface area contributed by atoms with E-state index in [2.05, 4.69) is 20.2 Å². The van der Waals surface area contributed by atoms with E-state index in [0.717, 1.165) is 5.56 Å². The van der Waals surface area contributed by atoms with Crippen molar-refractivity contribution < 1.29 is 27.4 Å². The first-order chi connectivity index (χ1) is 17.5. The Morgan fingerprint density at radius 1 is 1.05 bits per heavy atom. The van der Waals surface area contributed by atoms with Gasteiger partial charge in [0.25, 0.3) is 0 Å². The molecule has 0 bridgehead atoms. The van der Waals surface area contributed by atoms with E-state index in [1.54, 1.807) is 44.2 Å². The second kappa shape index (κ2) is 9.94. The number of nitrogens with zero attached hydrogens (tertiary/aromatic N) is 5. The summed E-state index contributed by atoms with van der Waals surface area (Å²) in [5, 5.41) is 18.4. The molecule has 11 nitrogen and oxygen atoms in total. The van der Waals surface area contributed by atoms with Crippen LogP contribution in [0.25, 0.3) is 17.3 Å². The summed E-state index contributed by atoms with van der Waals surface area (Å²) in [4.78, 5) is 8.29. The van der Waals surface area contributed by atoms with Crippen LogP contribution in [0.3, 0.4) is 0 Å². The minimum Gasteiger partial charge on any atom is -0.494 e. The highest BCUT2D eigenvalue weighted by Crippen LogP contribution is 2.37. The molecular weight excluding hydrogens is 498 g/mol. The van der Waals surface area contributed by atoms with E-state index in [4.69, 9.17) is 13.9 Å². The maximum Gasteiger partial charge on any atom is 0.204 e. The van der Waals surface area contributed by atoms with Gasteiger partial charge in [-0.1, -0.05) is 6.07 Å². The molecule has 1 N–H and O–H groups in total. The molecule has 0 spiro atoms. The minimum absolute atomic E-state index is 0.00814. The summed E-state index contributed by atoms with van der Waals surface area (Å²) in [6.45, 7) is 6.39. The lowest BCUT2D eigenvalue weighted by Gasteiger charge is -2.28. The highest BCUT2D eigenvalue weighted by molar-refractivity contribution is 7.91. The number of ether oxygens (including phenoxy) is 2. The number of benzene rings is 1. The molecule has 0 aliphatic heterocycles. The highest BCUT2D eigenvalue weighted by Gasteiger charge is 2.42. The fraction of sp³-hybridized carbons (Fsp3) is 0.360.